The van der Waals surface area contributed by atoms with Gasteiger partial charge in [-0.3, -0.25) is 9.97 Å². The first-order valence-electron chi connectivity index (χ1n) is 5.47. The second kappa shape index (κ2) is 4.93. The van der Waals surface area contributed by atoms with Gasteiger partial charge in [-0.1, -0.05) is 12.1 Å². The van der Waals surface area contributed by atoms with Crippen molar-refractivity contribution < 1.29 is 0 Å². The molecule has 0 aliphatic heterocycles. The number of aromatic nitrogens is 2. The molecule has 0 aliphatic carbocycles. The van der Waals surface area contributed by atoms with Gasteiger partial charge in [0.2, 0.25) is 0 Å². The molecule has 0 aliphatic rings. The van der Waals surface area contributed by atoms with Crippen LogP contribution in [0, 0.1) is 0 Å². The summed E-state index contributed by atoms with van der Waals surface area (Å²) in [6.07, 6.45) is 5.00. The van der Waals surface area contributed by atoms with Gasteiger partial charge >= 0.3 is 0 Å². The number of benzene rings is 1. The lowest BCUT2D eigenvalue weighted by Crippen LogP contribution is -2.15. The smallest absolute Gasteiger partial charge is 0.0799 e. The van der Waals surface area contributed by atoms with Gasteiger partial charge in [-0.2, -0.15) is 0 Å². The first kappa shape index (κ1) is 11.5. The van der Waals surface area contributed by atoms with Crippen molar-refractivity contribution in [2.45, 2.75) is 6.04 Å². The van der Waals surface area contributed by atoms with Crippen LogP contribution < -0.4 is 10.6 Å². The quantitative estimate of drug-likeness (QED) is 0.866. The largest absolute Gasteiger partial charge is 0.378 e. The van der Waals surface area contributed by atoms with Crippen molar-refractivity contribution in [3.05, 3.63) is 54.1 Å². The van der Waals surface area contributed by atoms with Crippen molar-refractivity contribution in [2.24, 2.45) is 5.73 Å². The number of hydrogen-bond donors (Lipinski definition) is 1. The molecule has 1 atom stereocenters. The first-order chi connectivity index (χ1) is 8.18. The van der Waals surface area contributed by atoms with E-state index in [9.17, 15) is 0 Å². The fraction of sp³-hybridized carbons (Fsp3) is 0.231. The zero-order chi connectivity index (χ0) is 12.3. The Morgan fingerprint density at radius 2 is 2.06 bits per heavy atom. The summed E-state index contributed by atoms with van der Waals surface area (Å²) in [5.41, 5.74) is 9.11. The van der Waals surface area contributed by atoms with Crippen LogP contribution in [0.5, 0.6) is 0 Å². The maximum absolute atomic E-state index is 6.16. The van der Waals surface area contributed by atoms with Gasteiger partial charge in [0, 0.05) is 32.2 Å². The third-order valence-electron chi connectivity index (χ3n) is 2.65. The van der Waals surface area contributed by atoms with Crippen LogP contribution in [0.15, 0.2) is 42.9 Å². The molecule has 2 rings (SSSR count). The molecule has 4 heteroatoms. The number of rotatable bonds is 3. The highest BCUT2D eigenvalue weighted by molar-refractivity contribution is 5.48. The van der Waals surface area contributed by atoms with E-state index in [0.29, 0.717) is 0 Å². The molecule has 1 aromatic carbocycles. The van der Waals surface area contributed by atoms with Gasteiger partial charge in [0.05, 0.1) is 17.9 Å². The maximum atomic E-state index is 6.16. The summed E-state index contributed by atoms with van der Waals surface area (Å²) in [5, 5.41) is 0. The lowest BCUT2D eigenvalue weighted by molar-refractivity contribution is 0.817. The van der Waals surface area contributed by atoms with E-state index in [4.69, 9.17) is 5.73 Å². The summed E-state index contributed by atoms with van der Waals surface area (Å²) in [7, 11) is 4.01. The minimum absolute atomic E-state index is 0.233. The SMILES string of the molecule is CN(C)c1cccc(C(N)c2cnccn2)c1. The Morgan fingerprint density at radius 1 is 1.24 bits per heavy atom. The number of hydrogen-bond acceptors (Lipinski definition) is 4. The Morgan fingerprint density at radius 3 is 2.71 bits per heavy atom. The first-order valence-corrected chi connectivity index (χ1v) is 5.47. The third-order valence-corrected chi connectivity index (χ3v) is 2.65. The van der Waals surface area contributed by atoms with Crippen LogP contribution in [0.1, 0.15) is 17.3 Å². The zero-order valence-electron chi connectivity index (χ0n) is 10.0. The van der Waals surface area contributed by atoms with Crippen molar-refractivity contribution in [1.82, 2.24) is 9.97 Å². The van der Waals surface area contributed by atoms with Crippen LogP contribution in [0.3, 0.4) is 0 Å². The van der Waals surface area contributed by atoms with Gasteiger partial charge < -0.3 is 10.6 Å². The van der Waals surface area contributed by atoms with E-state index in [0.717, 1.165) is 16.9 Å². The average Bonchev–Trinajstić information content (AvgIpc) is 2.39. The van der Waals surface area contributed by atoms with Gasteiger partial charge in [-0.15, -0.1) is 0 Å². The summed E-state index contributed by atoms with van der Waals surface area (Å²) >= 11 is 0. The Balaban J connectivity index is 2.31. The highest BCUT2D eigenvalue weighted by atomic mass is 15.1. The van der Waals surface area contributed by atoms with E-state index in [-0.39, 0.29) is 6.04 Å². The Hall–Kier alpha value is -1.94. The fourth-order valence-corrected chi connectivity index (χ4v) is 1.64. The van der Waals surface area contributed by atoms with Gasteiger partial charge in [0.1, 0.15) is 0 Å². The molecule has 0 saturated carbocycles. The summed E-state index contributed by atoms with van der Waals surface area (Å²) in [6.45, 7) is 0. The molecular weight excluding hydrogens is 212 g/mol. The molecule has 0 amide bonds. The van der Waals surface area contributed by atoms with E-state index in [1.165, 1.54) is 0 Å². The molecule has 0 saturated heterocycles. The van der Waals surface area contributed by atoms with Crippen molar-refractivity contribution in [2.75, 3.05) is 19.0 Å². The normalized spacial score (nSPS) is 12.2. The molecule has 0 radical (unpaired) electrons. The molecule has 0 fully saturated rings. The highest BCUT2D eigenvalue weighted by Gasteiger charge is 2.10. The Kier molecular flexibility index (Phi) is 3.35. The molecule has 1 unspecified atom stereocenters. The van der Waals surface area contributed by atoms with Gasteiger partial charge in [0.15, 0.2) is 0 Å². The van der Waals surface area contributed by atoms with Crippen molar-refractivity contribution in [1.29, 1.82) is 0 Å². The summed E-state index contributed by atoms with van der Waals surface area (Å²) in [6, 6.07) is 7.89. The molecular formula is C13H16N4. The van der Waals surface area contributed by atoms with Crippen LogP contribution in [-0.4, -0.2) is 24.1 Å². The predicted molar refractivity (Wildman–Crippen MR) is 68.8 cm³/mol. The van der Waals surface area contributed by atoms with Crippen molar-refractivity contribution in [3.63, 3.8) is 0 Å². The molecule has 2 N–H and O–H groups in total. The Bertz CT molecular complexity index is 482. The Labute approximate surface area is 101 Å². The van der Waals surface area contributed by atoms with Crippen LogP contribution in [0.25, 0.3) is 0 Å². The lowest BCUT2D eigenvalue weighted by atomic mass is 10.0. The summed E-state index contributed by atoms with van der Waals surface area (Å²) < 4.78 is 0. The number of anilines is 1. The van der Waals surface area contributed by atoms with E-state index >= 15 is 0 Å². The van der Waals surface area contributed by atoms with E-state index in [1.54, 1.807) is 18.6 Å². The van der Waals surface area contributed by atoms with Crippen LogP contribution in [0.2, 0.25) is 0 Å². The number of nitrogens with zero attached hydrogens (tertiary/aromatic N) is 3. The summed E-state index contributed by atoms with van der Waals surface area (Å²) in [5.74, 6) is 0. The summed E-state index contributed by atoms with van der Waals surface area (Å²) in [4.78, 5) is 10.3. The van der Waals surface area contributed by atoms with Gasteiger partial charge in [-0.25, -0.2) is 0 Å². The minimum Gasteiger partial charge on any atom is -0.378 e. The lowest BCUT2D eigenvalue weighted by Gasteiger charge is -2.16. The molecule has 1 aromatic heterocycles. The van der Waals surface area contributed by atoms with Crippen LogP contribution in [-0.2, 0) is 0 Å². The predicted octanol–water partition coefficient (Wildman–Crippen LogP) is 1.59. The van der Waals surface area contributed by atoms with Crippen molar-refractivity contribution in [3.8, 4) is 0 Å². The minimum atomic E-state index is -0.233. The molecule has 0 bridgehead atoms. The molecule has 4 nitrogen and oxygen atoms in total. The zero-order valence-corrected chi connectivity index (χ0v) is 10.0. The molecule has 1 heterocycles. The standard InChI is InChI=1S/C13H16N4/c1-17(2)11-5-3-4-10(8-11)13(14)12-9-15-6-7-16-12/h3-9,13H,14H2,1-2H3. The average molecular weight is 228 g/mol. The van der Waals surface area contributed by atoms with E-state index < -0.39 is 0 Å². The van der Waals surface area contributed by atoms with Gasteiger partial charge in [-0.05, 0) is 17.7 Å². The monoisotopic (exact) mass is 228 g/mol. The number of nitrogens with two attached hydrogens (primary N) is 1. The van der Waals surface area contributed by atoms with Crippen LogP contribution in [0.4, 0.5) is 5.69 Å². The maximum Gasteiger partial charge on any atom is 0.0799 e. The van der Waals surface area contributed by atoms with Crippen LogP contribution >= 0.6 is 0 Å². The molecule has 17 heavy (non-hydrogen) atoms. The molecule has 88 valence electrons. The van der Waals surface area contributed by atoms with E-state index in [2.05, 4.69) is 16.0 Å². The van der Waals surface area contributed by atoms with E-state index in [1.807, 2.05) is 37.2 Å². The third kappa shape index (κ3) is 2.60. The topological polar surface area (TPSA) is 55.0 Å². The molecule has 2 aromatic rings. The fourth-order valence-electron chi connectivity index (χ4n) is 1.64. The van der Waals surface area contributed by atoms with Gasteiger partial charge in [0.25, 0.3) is 0 Å². The second-order valence-electron chi connectivity index (χ2n) is 4.10. The molecule has 0 spiro atoms. The highest BCUT2D eigenvalue weighted by Crippen LogP contribution is 2.21. The van der Waals surface area contributed by atoms with Crippen molar-refractivity contribution >= 4 is 5.69 Å². The second-order valence-corrected chi connectivity index (χ2v) is 4.10.